The number of carbonyl (C=O) groups excluding carboxylic acids is 1. The van der Waals surface area contributed by atoms with Crippen LogP contribution in [0.3, 0.4) is 0 Å². The van der Waals surface area contributed by atoms with Crippen molar-refractivity contribution in [3.05, 3.63) is 48.0 Å². The Kier molecular flexibility index (Phi) is 12.3. The molecule has 0 aliphatic heterocycles. The van der Waals surface area contributed by atoms with Gasteiger partial charge in [0.15, 0.2) is 0 Å². The van der Waals surface area contributed by atoms with Crippen LogP contribution in [0, 0.1) is 35.0 Å². The number of hydrogen-bond acceptors (Lipinski definition) is 2. The Bertz CT molecular complexity index is 919. The molecule has 4 rings (SSSR count). The summed E-state index contributed by atoms with van der Waals surface area (Å²) >= 11 is 1.91. The van der Waals surface area contributed by atoms with Gasteiger partial charge in [-0.15, -0.1) is 0 Å². The standard InChI is InChI=1S/C16H29NO.C13H14S.C4H10/c1-10-6-12-8-11(2)14(13(7-10)9-12)17-15(18)16(3,4)5;1-14-10-9-12-7-4-6-11-5-2-3-8-13(11)12;1-4(2)3/h10-14H,6-9H2,1-5H3,(H,17,18);2-8H,9-10H2,1H3;4H,1-3H3. The maximum atomic E-state index is 12.2. The third-order valence-electron chi connectivity index (χ3n) is 7.34. The van der Waals surface area contributed by atoms with E-state index in [0.29, 0.717) is 17.9 Å². The molecular formula is C33H53NOS. The Morgan fingerprint density at radius 3 is 2.25 bits per heavy atom. The number of hydrogen-bond donors (Lipinski definition) is 1. The number of amides is 1. The summed E-state index contributed by atoms with van der Waals surface area (Å²) in [6, 6.07) is 15.6. The first kappa shape index (κ1) is 30.7. The molecule has 0 heterocycles. The molecule has 36 heavy (non-hydrogen) atoms. The maximum absolute atomic E-state index is 12.2. The molecule has 0 spiro atoms. The van der Waals surface area contributed by atoms with Gasteiger partial charge in [0.1, 0.15) is 0 Å². The third kappa shape index (κ3) is 9.77. The van der Waals surface area contributed by atoms with Crippen LogP contribution in [0.2, 0.25) is 0 Å². The number of benzene rings is 2. The van der Waals surface area contributed by atoms with Crippen LogP contribution in [-0.4, -0.2) is 24.0 Å². The van der Waals surface area contributed by atoms with E-state index in [9.17, 15) is 4.79 Å². The first-order valence-electron chi connectivity index (χ1n) is 14.2. The third-order valence-corrected chi connectivity index (χ3v) is 7.95. The lowest BCUT2D eigenvalue weighted by Crippen LogP contribution is -2.53. The Labute approximate surface area is 226 Å². The second kappa shape index (κ2) is 14.5. The molecule has 2 aliphatic rings. The van der Waals surface area contributed by atoms with Gasteiger partial charge in [0.05, 0.1) is 0 Å². The molecule has 2 aromatic rings. The summed E-state index contributed by atoms with van der Waals surface area (Å²) in [7, 11) is 0. The number of thioether (sulfide) groups is 1. The molecule has 0 aromatic heterocycles. The molecule has 1 amide bonds. The van der Waals surface area contributed by atoms with Crippen LogP contribution in [0.15, 0.2) is 42.5 Å². The van der Waals surface area contributed by atoms with Crippen LogP contribution in [-0.2, 0) is 11.2 Å². The summed E-state index contributed by atoms with van der Waals surface area (Å²) in [4.78, 5) is 12.2. The second-order valence-corrected chi connectivity index (χ2v) is 14.0. The fourth-order valence-corrected chi connectivity index (χ4v) is 6.20. The van der Waals surface area contributed by atoms with Crippen molar-refractivity contribution in [2.75, 3.05) is 12.0 Å². The minimum Gasteiger partial charge on any atom is -0.352 e. The predicted molar refractivity (Wildman–Crippen MR) is 162 cm³/mol. The molecule has 0 saturated heterocycles. The molecule has 202 valence electrons. The molecule has 2 aromatic carbocycles. The van der Waals surface area contributed by atoms with Crippen molar-refractivity contribution in [1.29, 1.82) is 0 Å². The van der Waals surface area contributed by atoms with Crippen LogP contribution >= 0.6 is 11.8 Å². The van der Waals surface area contributed by atoms with Crippen molar-refractivity contribution in [3.63, 3.8) is 0 Å². The van der Waals surface area contributed by atoms with Gasteiger partial charge in [-0.05, 0) is 90.0 Å². The van der Waals surface area contributed by atoms with E-state index in [2.05, 4.69) is 88.7 Å². The van der Waals surface area contributed by atoms with Gasteiger partial charge in [0.25, 0.3) is 0 Å². The summed E-state index contributed by atoms with van der Waals surface area (Å²) in [6.45, 7) is 17.2. The number of carbonyl (C=O) groups is 1. The summed E-state index contributed by atoms with van der Waals surface area (Å²) < 4.78 is 0. The van der Waals surface area contributed by atoms with E-state index in [0.717, 1.165) is 17.8 Å². The average Bonchev–Trinajstić information content (AvgIpc) is 2.79. The van der Waals surface area contributed by atoms with Crippen molar-refractivity contribution < 1.29 is 4.79 Å². The summed E-state index contributed by atoms with van der Waals surface area (Å²) in [5.74, 6) is 5.37. The van der Waals surface area contributed by atoms with Crippen molar-refractivity contribution in [1.82, 2.24) is 5.32 Å². The van der Waals surface area contributed by atoms with Gasteiger partial charge in [0, 0.05) is 11.5 Å². The smallest absolute Gasteiger partial charge is 0.225 e. The van der Waals surface area contributed by atoms with Crippen LogP contribution in [0.4, 0.5) is 0 Å². The first-order valence-corrected chi connectivity index (χ1v) is 15.6. The topological polar surface area (TPSA) is 29.1 Å². The fraction of sp³-hybridized carbons (Fsp3) is 0.667. The normalized spacial score (nSPS) is 25.3. The van der Waals surface area contributed by atoms with Crippen molar-refractivity contribution >= 4 is 28.4 Å². The zero-order valence-electron chi connectivity index (χ0n) is 24.6. The highest BCUT2D eigenvalue weighted by atomic mass is 32.2. The Morgan fingerprint density at radius 1 is 0.972 bits per heavy atom. The second-order valence-electron chi connectivity index (χ2n) is 13.0. The Morgan fingerprint density at radius 2 is 1.61 bits per heavy atom. The van der Waals surface area contributed by atoms with E-state index in [-0.39, 0.29) is 11.3 Å². The lowest BCUT2D eigenvalue weighted by atomic mass is 9.63. The fourth-order valence-electron chi connectivity index (χ4n) is 5.78. The Hall–Kier alpha value is -1.48. The molecule has 0 radical (unpaired) electrons. The summed E-state index contributed by atoms with van der Waals surface area (Å²) in [6.07, 6.45) is 8.67. The van der Waals surface area contributed by atoms with E-state index >= 15 is 0 Å². The largest absolute Gasteiger partial charge is 0.352 e. The minimum absolute atomic E-state index is 0.219. The monoisotopic (exact) mass is 511 g/mol. The van der Waals surface area contributed by atoms with Crippen LogP contribution < -0.4 is 5.32 Å². The molecule has 2 fully saturated rings. The summed E-state index contributed by atoms with van der Waals surface area (Å²) in [5, 5.41) is 6.11. The van der Waals surface area contributed by atoms with Crippen LogP contribution in [0.1, 0.15) is 86.6 Å². The first-order chi connectivity index (χ1) is 16.9. The molecule has 2 nitrogen and oxygen atoms in total. The lowest BCUT2D eigenvalue weighted by Gasteiger charge is -2.47. The van der Waals surface area contributed by atoms with E-state index in [4.69, 9.17) is 0 Å². The maximum Gasteiger partial charge on any atom is 0.225 e. The van der Waals surface area contributed by atoms with Crippen molar-refractivity contribution in [2.45, 2.75) is 93.5 Å². The van der Waals surface area contributed by atoms with E-state index < -0.39 is 0 Å². The molecule has 5 atom stereocenters. The number of rotatable bonds is 4. The molecule has 2 saturated carbocycles. The molecule has 5 unspecified atom stereocenters. The summed E-state index contributed by atoms with van der Waals surface area (Å²) in [5.41, 5.74) is 1.20. The van der Waals surface area contributed by atoms with Gasteiger partial charge >= 0.3 is 0 Å². The van der Waals surface area contributed by atoms with Gasteiger partial charge in [-0.2, -0.15) is 11.8 Å². The van der Waals surface area contributed by atoms with E-state index in [1.807, 2.05) is 32.5 Å². The quantitative estimate of drug-likeness (QED) is 0.443. The van der Waals surface area contributed by atoms with Gasteiger partial charge in [-0.3, -0.25) is 4.79 Å². The van der Waals surface area contributed by atoms with Gasteiger partial charge in [-0.1, -0.05) is 97.9 Å². The number of nitrogens with one attached hydrogen (secondary N) is 1. The van der Waals surface area contributed by atoms with Crippen LogP contribution in [0.5, 0.6) is 0 Å². The van der Waals surface area contributed by atoms with Gasteiger partial charge in [-0.25, -0.2) is 0 Å². The van der Waals surface area contributed by atoms with Crippen molar-refractivity contribution in [2.24, 2.45) is 35.0 Å². The SMILES string of the molecule is CC(C)C.CC1CC2CC(C)C(NC(=O)C(C)(C)C)C(C1)C2.CSCCc1cccc2ccccc12. The highest BCUT2D eigenvalue weighted by Gasteiger charge is 2.41. The lowest BCUT2D eigenvalue weighted by molar-refractivity contribution is -0.131. The molecule has 2 aliphatic carbocycles. The highest BCUT2D eigenvalue weighted by Crippen LogP contribution is 2.45. The number of fused-ring (bicyclic) bond motifs is 3. The van der Waals surface area contributed by atoms with Crippen molar-refractivity contribution in [3.8, 4) is 0 Å². The van der Waals surface area contributed by atoms with E-state index in [1.54, 1.807) is 0 Å². The molecule has 1 N–H and O–H groups in total. The molecule has 3 heteroatoms. The van der Waals surface area contributed by atoms with Crippen LogP contribution in [0.25, 0.3) is 10.8 Å². The predicted octanol–water partition coefficient (Wildman–Crippen LogP) is 9.02. The zero-order valence-corrected chi connectivity index (χ0v) is 25.4. The molecular weight excluding hydrogens is 458 g/mol. The van der Waals surface area contributed by atoms with E-state index in [1.165, 1.54) is 54.2 Å². The highest BCUT2D eigenvalue weighted by molar-refractivity contribution is 7.98. The van der Waals surface area contributed by atoms with Gasteiger partial charge in [0.2, 0.25) is 5.91 Å². The minimum atomic E-state index is -0.267. The number of aryl methyl sites for hydroxylation is 1. The zero-order chi connectivity index (χ0) is 26.9. The van der Waals surface area contributed by atoms with Gasteiger partial charge < -0.3 is 5.32 Å². The average molecular weight is 512 g/mol. The Balaban J connectivity index is 0.000000226. The molecule has 2 bridgehead atoms.